The highest BCUT2D eigenvalue weighted by Crippen LogP contribution is 2.31. The van der Waals surface area contributed by atoms with E-state index in [1.54, 1.807) is 12.1 Å². The van der Waals surface area contributed by atoms with Gasteiger partial charge in [-0.2, -0.15) is 13.8 Å². The molecule has 4 N–H and O–H groups in total. The second-order valence-electron chi connectivity index (χ2n) is 5.26. The van der Waals surface area contributed by atoms with Crippen LogP contribution in [-0.4, -0.2) is 25.1 Å². The quantitative estimate of drug-likeness (QED) is 0.645. The lowest BCUT2D eigenvalue weighted by Crippen LogP contribution is -2.13. The molecule has 25 heavy (non-hydrogen) atoms. The molecule has 0 fully saturated rings. The molecular weight excluding hydrogens is 352 g/mol. The molecule has 0 aliphatic rings. The molecule has 2 heterocycles. The van der Waals surface area contributed by atoms with Crippen molar-refractivity contribution in [3.05, 3.63) is 52.4 Å². The number of H-pyrrole nitrogens is 1. The Morgan fingerprint density at radius 2 is 2.00 bits per heavy atom. The number of benzene rings is 1. The smallest absolute Gasteiger partial charge is 0.309 e. The van der Waals surface area contributed by atoms with Gasteiger partial charge in [-0.25, -0.2) is 0 Å². The first-order valence-electron chi connectivity index (χ1n) is 7.08. The van der Waals surface area contributed by atoms with Crippen molar-refractivity contribution in [2.45, 2.75) is 12.2 Å². The van der Waals surface area contributed by atoms with Gasteiger partial charge in [0.15, 0.2) is 5.65 Å². The van der Waals surface area contributed by atoms with Gasteiger partial charge in [-0.05, 0) is 30.3 Å². The predicted octanol–water partition coefficient (Wildman–Crippen LogP) is 2.68. The Labute approximate surface area is 144 Å². The van der Waals surface area contributed by atoms with Crippen molar-refractivity contribution in [2.75, 3.05) is 5.32 Å². The monoisotopic (exact) mass is 365 g/mol. The zero-order valence-electron chi connectivity index (χ0n) is 12.9. The number of carbonyl (C=O) groups is 1. The second kappa shape index (κ2) is 6.20. The van der Waals surface area contributed by atoms with Crippen LogP contribution in [0, 0.1) is 0 Å². The molecule has 130 valence electrons. The van der Waals surface area contributed by atoms with Crippen LogP contribution in [0.2, 0.25) is 0 Å². The number of nitrogens with zero attached hydrogens (tertiary/aromatic N) is 2. The van der Waals surface area contributed by atoms with Crippen molar-refractivity contribution in [1.82, 2.24) is 13.9 Å². The SMILES string of the molecule is CC(F)(F)Sn1ccc2c(=O)[nH]c(Nc3ccc(C(N)=O)cc3)nc21. The van der Waals surface area contributed by atoms with E-state index in [1.807, 2.05) is 0 Å². The fourth-order valence-electron chi connectivity index (χ4n) is 2.16. The molecule has 0 unspecified atom stereocenters. The van der Waals surface area contributed by atoms with E-state index in [9.17, 15) is 18.4 Å². The van der Waals surface area contributed by atoms with Crippen LogP contribution < -0.4 is 16.6 Å². The number of rotatable bonds is 5. The number of nitrogens with one attached hydrogen (secondary N) is 2. The van der Waals surface area contributed by atoms with Gasteiger partial charge in [0.1, 0.15) is 0 Å². The molecule has 0 bridgehead atoms. The summed E-state index contributed by atoms with van der Waals surface area (Å²) in [6.45, 7) is 0.760. The third kappa shape index (κ3) is 3.79. The minimum atomic E-state index is -3.02. The number of anilines is 2. The van der Waals surface area contributed by atoms with Crippen molar-refractivity contribution in [1.29, 1.82) is 0 Å². The van der Waals surface area contributed by atoms with Gasteiger partial charge in [-0.15, -0.1) is 0 Å². The minimum Gasteiger partial charge on any atom is -0.366 e. The summed E-state index contributed by atoms with van der Waals surface area (Å²) in [7, 11) is 0. The zero-order chi connectivity index (χ0) is 18.2. The molecular formula is C15H13F2N5O2S. The Balaban J connectivity index is 1.95. The van der Waals surface area contributed by atoms with E-state index in [-0.39, 0.29) is 28.9 Å². The van der Waals surface area contributed by atoms with Gasteiger partial charge in [-0.3, -0.25) is 18.5 Å². The predicted molar refractivity (Wildman–Crippen MR) is 92.2 cm³/mol. The topological polar surface area (TPSA) is 106 Å². The van der Waals surface area contributed by atoms with E-state index in [0.717, 1.165) is 10.9 Å². The molecule has 0 saturated carbocycles. The number of amides is 1. The van der Waals surface area contributed by atoms with Crippen LogP contribution in [0.1, 0.15) is 17.3 Å². The third-order valence-electron chi connectivity index (χ3n) is 3.21. The minimum absolute atomic E-state index is 0.0873. The first-order chi connectivity index (χ1) is 11.7. The van der Waals surface area contributed by atoms with Gasteiger partial charge >= 0.3 is 5.25 Å². The number of alkyl halides is 2. The molecule has 0 radical (unpaired) electrons. The van der Waals surface area contributed by atoms with E-state index >= 15 is 0 Å². The number of aromatic amines is 1. The number of carbonyl (C=O) groups excluding carboxylic acids is 1. The molecule has 0 spiro atoms. The molecule has 10 heteroatoms. The molecule has 7 nitrogen and oxygen atoms in total. The molecule has 2 aromatic heterocycles. The van der Waals surface area contributed by atoms with Gasteiger partial charge in [0, 0.05) is 36.3 Å². The maximum absolute atomic E-state index is 13.2. The summed E-state index contributed by atoms with van der Waals surface area (Å²) >= 11 is 0.255. The Kier molecular flexibility index (Phi) is 4.21. The van der Waals surface area contributed by atoms with Gasteiger partial charge in [-0.1, -0.05) is 0 Å². The Morgan fingerprint density at radius 1 is 1.32 bits per heavy atom. The van der Waals surface area contributed by atoms with Crippen LogP contribution in [0.5, 0.6) is 0 Å². The first-order valence-corrected chi connectivity index (χ1v) is 7.86. The van der Waals surface area contributed by atoms with Crippen molar-refractivity contribution in [3.8, 4) is 0 Å². The van der Waals surface area contributed by atoms with Crippen LogP contribution >= 0.6 is 11.9 Å². The number of fused-ring (bicyclic) bond motifs is 1. The average Bonchev–Trinajstić information content (AvgIpc) is 2.89. The van der Waals surface area contributed by atoms with Gasteiger partial charge in [0.25, 0.3) is 5.56 Å². The maximum Gasteiger partial charge on any atom is 0.309 e. The van der Waals surface area contributed by atoms with Crippen LogP contribution in [0.4, 0.5) is 20.4 Å². The van der Waals surface area contributed by atoms with Gasteiger partial charge in [0.2, 0.25) is 11.9 Å². The Bertz CT molecular complexity index is 992. The van der Waals surface area contributed by atoms with E-state index in [0.29, 0.717) is 11.3 Å². The lowest BCUT2D eigenvalue weighted by Gasteiger charge is -2.11. The molecule has 3 rings (SSSR count). The fraction of sp³-hybridized carbons (Fsp3) is 0.133. The second-order valence-corrected chi connectivity index (χ2v) is 6.55. The molecule has 0 aliphatic carbocycles. The lowest BCUT2D eigenvalue weighted by atomic mass is 10.2. The number of hydrogen-bond donors (Lipinski definition) is 3. The normalized spacial score (nSPS) is 11.6. The standard InChI is InChI=1S/C15H13F2N5O2S/c1-15(16,17)25-22-7-6-10-12(22)20-14(21-13(10)24)19-9-4-2-8(3-5-9)11(18)23/h2-7H,1H3,(H2,18,23)(H2,19,20,21,24). The highest BCUT2D eigenvalue weighted by atomic mass is 32.2. The first kappa shape index (κ1) is 17.0. The highest BCUT2D eigenvalue weighted by Gasteiger charge is 2.25. The Morgan fingerprint density at radius 3 is 2.60 bits per heavy atom. The van der Waals surface area contributed by atoms with E-state index in [4.69, 9.17) is 5.73 Å². The maximum atomic E-state index is 13.2. The number of nitrogens with two attached hydrogens (primary N) is 1. The van der Waals surface area contributed by atoms with Crippen molar-refractivity contribution < 1.29 is 13.6 Å². The Hall–Kier alpha value is -2.88. The van der Waals surface area contributed by atoms with Crippen LogP contribution in [-0.2, 0) is 0 Å². The highest BCUT2D eigenvalue weighted by molar-refractivity contribution is 7.98. The largest absolute Gasteiger partial charge is 0.366 e. The van der Waals surface area contributed by atoms with Crippen molar-refractivity contribution in [3.63, 3.8) is 0 Å². The summed E-state index contributed by atoms with van der Waals surface area (Å²) in [6.07, 6.45) is 1.36. The van der Waals surface area contributed by atoms with Gasteiger partial charge in [0.05, 0.1) is 5.39 Å². The summed E-state index contributed by atoms with van der Waals surface area (Å²) in [5, 5.41) is 0.0349. The average molecular weight is 365 g/mol. The number of halogens is 2. The third-order valence-corrected chi connectivity index (χ3v) is 4.02. The van der Waals surface area contributed by atoms with E-state index < -0.39 is 16.7 Å². The summed E-state index contributed by atoms with van der Waals surface area (Å²) in [6, 6.07) is 7.61. The molecule has 0 atom stereocenters. The summed E-state index contributed by atoms with van der Waals surface area (Å²) in [5.41, 5.74) is 5.70. The summed E-state index contributed by atoms with van der Waals surface area (Å²) in [5.74, 6) is -0.473. The van der Waals surface area contributed by atoms with Crippen LogP contribution in [0.15, 0.2) is 41.3 Å². The van der Waals surface area contributed by atoms with Crippen molar-refractivity contribution >= 4 is 40.5 Å². The zero-order valence-corrected chi connectivity index (χ0v) is 13.7. The fourth-order valence-corrected chi connectivity index (χ4v) is 2.85. The van der Waals surface area contributed by atoms with Crippen LogP contribution in [0.3, 0.4) is 0 Å². The van der Waals surface area contributed by atoms with Gasteiger partial charge < -0.3 is 11.1 Å². The number of hydrogen-bond acceptors (Lipinski definition) is 5. The molecule has 0 saturated heterocycles. The van der Waals surface area contributed by atoms with E-state index in [2.05, 4.69) is 15.3 Å². The molecule has 1 amide bonds. The van der Waals surface area contributed by atoms with Crippen molar-refractivity contribution in [2.24, 2.45) is 5.73 Å². The number of primary amides is 1. The van der Waals surface area contributed by atoms with Crippen LogP contribution in [0.25, 0.3) is 11.0 Å². The van der Waals surface area contributed by atoms with E-state index in [1.165, 1.54) is 24.4 Å². The molecule has 3 aromatic rings. The summed E-state index contributed by atoms with van der Waals surface area (Å²) in [4.78, 5) is 29.9. The molecule has 1 aromatic carbocycles. The molecule has 0 aliphatic heterocycles. The number of aromatic nitrogens is 3. The summed E-state index contributed by atoms with van der Waals surface area (Å²) < 4.78 is 27.6. The lowest BCUT2D eigenvalue weighted by molar-refractivity contribution is 0.1000.